The van der Waals surface area contributed by atoms with Crippen LogP contribution in [0.1, 0.15) is 5.56 Å². The standard InChI is InChI=1S/C9H9FO3.C2H4/c10-8(9(12)13)5-6-1-3-7(11)4-2-6;1-2/h1-4,8,11H,5H2,(H,12,13);1-2H2. The summed E-state index contributed by atoms with van der Waals surface area (Å²) in [5, 5.41) is 17.2. The first-order chi connectivity index (χ1) is 7.09. The summed E-state index contributed by atoms with van der Waals surface area (Å²) >= 11 is 0. The van der Waals surface area contributed by atoms with E-state index in [0.717, 1.165) is 0 Å². The van der Waals surface area contributed by atoms with E-state index in [4.69, 9.17) is 10.2 Å². The summed E-state index contributed by atoms with van der Waals surface area (Å²) in [6.07, 6.45) is -2.06. The van der Waals surface area contributed by atoms with Gasteiger partial charge in [0.15, 0.2) is 0 Å². The Kier molecular flexibility index (Phi) is 5.78. The number of carboxylic acid groups (broad SMARTS) is 1. The minimum absolute atomic E-state index is 0.0782. The molecule has 4 heteroatoms. The molecular formula is C11H13FO3. The summed E-state index contributed by atoms with van der Waals surface area (Å²) in [7, 11) is 0. The van der Waals surface area contributed by atoms with E-state index in [1.54, 1.807) is 0 Å². The third kappa shape index (κ3) is 4.81. The van der Waals surface area contributed by atoms with Crippen molar-refractivity contribution in [2.45, 2.75) is 12.6 Å². The summed E-state index contributed by atoms with van der Waals surface area (Å²) in [6, 6.07) is 5.77. The molecule has 1 aromatic rings. The lowest BCUT2D eigenvalue weighted by Crippen LogP contribution is -2.16. The molecule has 0 aliphatic rings. The Morgan fingerprint density at radius 1 is 1.33 bits per heavy atom. The van der Waals surface area contributed by atoms with Crippen LogP contribution in [-0.2, 0) is 11.2 Å². The molecule has 1 rings (SSSR count). The van der Waals surface area contributed by atoms with Gasteiger partial charge in [0.25, 0.3) is 0 Å². The van der Waals surface area contributed by atoms with Gasteiger partial charge in [-0.05, 0) is 17.7 Å². The molecule has 0 fully saturated rings. The van der Waals surface area contributed by atoms with Crippen LogP contribution in [0.15, 0.2) is 37.4 Å². The number of aliphatic carboxylic acids is 1. The predicted molar refractivity (Wildman–Crippen MR) is 55.6 cm³/mol. The van der Waals surface area contributed by atoms with E-state index in [1.165, 1.54) is 24.3 Å². The molecule has 0 bridgehead atoms. The third-order valence-corrected chi connectivity index (χ3v) is 1.62. The number of hydrogen-bond donors (Lipinski definition) is 2. The van der Waals surface area contributed by atoms with E-state index in [-0.39, 0.29) is 12.2 Å². The number of phenols is 1. The van der Waals surface area contributed by atoms with Crippen molar-refractivity contribution in [3.05, 3.63) is 43.0 Å². The van der Waals surface area contributed by atoms with Gasteiger partial charge in [-0.1, -0.05) is 12.1 Å². The summed E-state index contributed by atoms with van der Waals surface area (Å²) in [5.74, 6) is -1.39. The number of carboxylic acids is 1. The zero-order chi connectivity index (χ0) is 11.8. The normalized spacial score (nSPS) is 11.0. The van der Waals surface area contributed by atoms with Crippen molar-refractivity contribution in [3.63, 3.8) is 0 Å². The fraction of sp³-hybridized carbons (Fsp3) is 0.182. The highest BCUT2D eigenvalue weighted by molar-refractivity contribution is 5.72. The molecule has 1 atom stereocenters. The molecule has 1 aromatic carbocycles. The van der Waals surface area contributed by atoms with E-state index in [0.29, 0.717) is 5.56 Å². The Balaban J connectivity index is 0.000000921. The second kappa shape index (κ2) is 6.59. The smallest absolute Gasteiger partial charge is 0.338 e. The second-order valence-electron chi connectivity index (χ2n) is 2.68. The van der Waals surface area contributed by atoms with Gasteiger partial charge in [-0.15, -0.1) is 13.2 Å². The molecule has 2 N–H and O–H groups in total. The molecule has 0 aromatic heterocycles. The number of alkyl halides is 1. The van der Waals surface area contributed by atoms with Crippen molar-refractivity contribution in [3.8, 4) is 5.75 Å². The maximum atomic E-state index is 12.6. The number of carbonyl (C=O) groups is 1. The highest BCUT2D eigenvalue weighted by Gasteiger charge is 2.15. The monoisotopic (exact) mass is 212 g/mol. The first-order valence-corrected chi connectivity index (χ1v) is 4.24. The summed E-state index contributed by atoms with van der Waals surface area (Å²) < 4.78 is 12.6. The fourth-order valence-corrected chi connectivity index (χ4v) is 0.926. The van der Waals surface area contributed by atoms with Crippen LogP contribution in [-0.4, -0.2) is 22.4 Å². The van der Waals surface area contributed by atoms with Crippen molar-refractivity contribution < 1.29 is 19.4 Å². The maximum absolute atomic E-state index is 12.6. The number of benzene rings is 1. The Morgan fingerprint density at radius 2 is 1.80 bits per heavy atom. The third-order valence-electron chi connectivity index (χ3n) is 1.62. The van der Waals surface area contributed by atoms with Crippen LogP contribution in [0.25, 0.3) is 0 Å². The van der Waals surface area contributed by atoms with Crippen molar-refractivity contribution >= 4 is 5.97 Å². The van der Waals surface area contributed by atoms with E-state index in [2.05, 4.69) is 13.2 Å². The molecule has 0 aliphatic heterocycles. The zero-order valence-electron chi connectivity index (χ0n) is 8.19. The van der Waals surface area contributed by atoms with E-state index < -0.39 is 12.1 Å². The van der Waals surface area contributed by atoms with Crippen molar-refractivity contribution in [1.29, 1.82) is 0 Å². The van der Waals surface area contributed by atoms with Crippen molar-refractivity contribution in [1.82, 2.24) is 0 Å². The molecule has 0 saturated heterocycles. The quantitative estimate of drug-likeness (QED) is 0.755. The van der Waals surface area contributed by atoms with Gasteiger partial charge >= 0.3 is 5.97 Å². The average molecular weight is 212 g/mol. The lowest BCUT2D eigenvalue weighted by atomic mass is 10.1. The molecule has 0 radical (unpaired) electrons. The molecule has 15 heavy (non-hydrogen) atoms. The second-order valence-corrected chi connectivity index (χ2v) is 2.68. The lowest BCUT2D eigenvalue weighted by Gasteiger charge is -2.02. The highest BCUT2D eigenvalue weighted by Crippen LogP contribution is 2.12. The number of halogens is 1. The number of rotatable bonds is 3. The molecule has 0 spiro atoms. The minimum atomic E-state index is -1.88. The van der Waals surface area contributed by atoms with Gasteiger partial charge in [-0.25, -0.2) is 9.18 Å². The molecule has 0 saturated carbocycles. The van der Waals surface area contributed by atoms with Gasteiger partial charge in [0.2, 0.25) is 6.17 Å². The fourth-order valence-electron chi connectivity index (χ4n) is 0.926. The van der Waals surface area contributed by atoms with Gasteiger partial charge in [-0.2, -0.15) is 0 Å². The van der Waals surface area contributed by atoms with Crippen LogP contribution in [0, 0.1) is 0 Å². The van der Waals surface area contributed by atoms with Crippen LogP contribution in [0.2, 0.25) is 0 Å². The van der Waals surface area contributed by atoms with Gasteiger partial charge < -0.3 is 10.2 Å². The molecule has 0 heterocycles. The van der Waals surface area contributed by atoms with Crippen LogP contribution in [0.5, 0.6) is 5.75 Å². The van der Waals surface area contributed by atoms with Gasteiger partial charge in [-0.3, -0.25) is 0 Å². The van der Waals surface area contributed by atoms with Gasteiger partial charge in [0.1, 0.15) is 5.75 Å². The maximum Gasteiger partial charge on any atom is 0.338 e. The van der Waals surface area contributed by atoms with Crippen molar-refractivity contribution in [2.24, 2.45) is 0 Å². The minimum Gasteiger partial charge on any atom is -0.508 e. The molecule has 0 amide bonds. The first-order valence-electron chi connectivity index (χ1n) is 4.24. The predicted octanol–water partition coefficient (Wildman–Crippen LogP) is 2.16. The van der Waals surface area contributed by atoms with Crippen LogP contribution < -0.4 is 0 Å². The van der Waals surface area contributed by atoms with Crippen LogP contribution in [0.4, 0.5) is 4.39 Å². The molecule has 1 unspecified atom stereocenters. The van der Waals surface area contributed by atoms with Crippen LogP contribution >= 0.6 is 0 Å². The van der Waals surface area contributed by atoms with E-state index >= 15 is 0 Å². The number of aromatic hydroxyl groups is 1. The molecule has 0 aliphatic carbocycles. The molecule has 3 nitrogen and oxygen atoms in total. The SMILES string of the molecule is C=C.O=C(O)C(F)Cc1ccc(O)cc1. The Hall–Kier alpha value is -1.84. The highest BCUT2D eigenvalue weighted by atomic mass is 19.1. The van der Waals surface area contributed by atoms with E-state index in [1.807, 2.05) is 0 Å². The average Bonchev–Trinajstić information content (AvgIpc) is 2.24. The van der Waals surface area contributed by atoms with Crippen LogP contribution in [0.3, 0.4) is 0 Å². The Bertz CT molecular complexity index is 308. The molecule has 82 valence electrons. The lowest BCUT2D eigenvalue weighted by molar-refractivity contribution is -0.142. The van der Waals surface area contributed by atoms with E-state index in [9.17, 15) is 9.18 Å². The van der Waals surface area contributed by atoms with Crippen molar-refractivity contribution in [2.75, 3.05) is 0 Å². The number of hydrogen-bond acceptors (Lipinski definition) is 2. The summed E-state index contributed by atoms with van der Waals surface area (Å²) in [6.45, 7) is 6.00. The topological polar surface area (TPSA) is 57.5 Å². The Morgan fingerprint density at radius 3 is 2.20 bits per heavy atom. The summed E-state index contributed by atoms with van der Waals surface area (Å²) in [4.78, 5) is 10.1. The largest absolute Gasteiger partial charge is 0.508 e. The molecular weight excluding hydrogens is 199 g/mol. The van der Waals surface area contributed by atoms with Gasteiger partial charge in [0, 0.05) is 6.42 Å². The Labute approximate surface area is 87.5 Å². The number of phenolic OH excluding ortho intramolecular Hbond substituents is 1. The first kappa shape index (κ1) is 13.2. The summed E-state index contributed by atoms with van der Waals surface area (Å²) in [5.41, 5.74) is 0.549. The van der Waals surface area contributed by atoms with Gasteiger partial charge in [0.05, 0.1) is 0 Å². The zero-order valence-corrected chi connectivity index (χ0v) is 8.19.